The molecule has 8 nitrogen and oxygen atoms in total. The van der Waals surface area contributed by atoms with Crippen molar-refractivity contribution in [1.29, 1.82) is 0 Å². The van der Waals surface area contributed by atoms with Gasteiger partial charge in [0.1, 0.15) is 5.69 Å². The third kappa shape index (κ3) is 4.08. The standard InChI is InChI=1S/C17H26N4O4S/c1-2-3-8-18-16(22)14-13-6-4-5-9-21(13)15(20-14)17(23)19-12-7-10-26(24,25)11-12/h12H,2-11H2,1H3,(H,18,22)(H,19,23). The third-order valence-electron chi connectivity index (χ3n) is 4.92. The van der Waals surface area contributed by atoms with E-state index in [-0.39, 0.29) is 29.3 Å². The fourth-order valence-electron chi connectivity index (χ4n) is 3.52. The maximum Gasteiger partial charge on any atom is 0.287 e. The van der Waals surface area contributed by atoms with Crippen LogP contribution in [0.1, 0.15) is 65.8 Å². The Bertz CT molecular complexity index is 800. The molecule has 1 saturated heterocycles. The molecular weight excluding hydrogens is 356 g/mol. The zero-order valence-electron chi connectivity index (χ0n) is 15.1. The van der Waals surface area contributed by atoms with Crippen LogP contribution in [0, 0.1) is 0 Å². The molecule has 26 heavy (non-hydrogen) atoms. The van der Waals surface area contributed by atoms with Gasteiger partial charge >= 0.3 is 0 Å². The lowest BCUT2D eigenvalue weighted by Gasteiger charge is -2.17. The summed E-state index contributed by atoms with van der Waals surface area (Å²) in [6, 6.07) is -0.383. The molecule has 0 radical (unpaired) electrons. The molecule has 2 aliphatic rings. The summed E-state index contributed by atoms with van der Waals surface area (Å²) in [5, 5.41) is 5.63. The minimum Gasteiger partial charge on any atom is -0.351 e. The molecular formula is C17H26N4O4S. The zero-order chi connectivity index (χ0) is 18.7. The summed E-state index contributed by atoms with van der Waals surface area (Å²) in [7, 11) is -3.07. The maximum atomic E-state index is 12.7. The van der Waals surface area contributed by atoms with E-state index in [9.17, 15) is 18.0 Å². The minimum absolute atomic E-state index is 0.0311. The Morgan fingerprint density at radius 3 is 2.77 bits per heavy atom. The number of carbonyl (C=O) groups excluding carboxylic acids is 2. The smallest absolute Gasteiger partial charge is 0.287 e. The first kappa shape index (κ1) is 18.9. The highest BCUT2D eigenvalue weighted by molar-refractivity contribution is 7.91. The van der Waals surface area contributed by atoms with E-state index >= 15 is 0 Å². The van der Waals surface area contributed by atoms with Crippen molar-refractivity contribution in [3.8, 4) is 0 Å². The van der Waals surface area contributed by atoms with Crippen molar-refractivity contribution >= 4 is 21.7 Å². The summed E-state index contributed by atoms with van der Waals surface area (Å²) in [6.07, 6.45) is 4.91. The molecule has 3 rings (SSSR count). The van der Waals surface area contributed by atoms with E-state index in [0.717, 1.165) is 31.4 Å². The molecule has 0 bridgehead atoms. The minimum atomic E-state index is -3.07. The van der Waals surface area contributed by atoms with Crippen molar-refractivity contribution in [2.75, 3.05) is 18.1 Å². The van der Waals surface area contributed by atoms with Crippen LogP contribution < -0.4 is 10.6 Å². The number of carbonyl (C=O) groups is 2. The molecule has 9 heteroatoms. The molecule has 1 aromatic heterocycles. The van der Waals surface area contributed by atoms with Crippen LogP contribution in [0.25, 0.3) is 0 Å². The first-order valence-electron chi connectivity index (χ1n) is 9.30. The van der Waals surface area contributed by atoms with Crippen molar-refractivity contribution < 1.29 is 18.0 Å². The normalized spacial score (nSPS) is 21.2. The monoisotopic (exact) mass is 382 g/mol. The third-order valence-corrected chi connectivity index (χ3v) is 6.69. The van der Waals surface area contributed by atoms with Crippen LogP contribution in [0.4, 0.5) is 0 Å². The highest BCUT2D eigenvalue weighted by atomic mass is 32.2. The van der Waals surface area contributed by atoms with Gasteiger partial charge in [-0.05, 0) is 32.1 Å². The zero-order valence-corrected chi connectivity index (χ0v) is 15.9. The van der Waals surface area contributed by atoms with Gasteiger partial charge in [-0.15, -0.1) is 0 Å². The van der Waals surface area contributed by atoms with Gasteiger partial charge < -0.3 is 15.2 Å². The second-order valence-corrected chi connectivity index (χ2v) is 9.25. The predicted octanol–water partition coefficient (Wildman–Crippen LogP) is 0.666. The number of sulfone groups is 1. The number of fused-ring (bicyclic) bond motifs is 1. The van der Waals surface area contributed by atoms with E-state index in [4.69, 9.17) is 0 Å². The molecule has 1 atom stereocenters. The maximum absolute atomic E-state index is 12.7. The molecule has 0 spiro atoms. The molecule has 2 aliphatic heterocycles. The van der Waals surface area contributed by atoms with Gasteiger partial charge in [0.05, 0.1) is 17.2 Å². The Morgan fingerprint density at radius 1 is 1.27 bits per heavy atom. The van der Waals surface area contributed by atoms with E-state index in [0.29, 0.717) is 31.6 Å². The lowest BCUT2D eigenvalue weighted by molar-refractivity contribution is 0.0925. The number of aromatic nitrogens is 2. The van der Waals surface area contributed by atoms with E-state index in [2.05, 4.69) is 22.5 Å². The van der Waals surface area contributed by atoms with Gasteiger partial charge in [0.15, 0.2) is 15.7 Å². The molecule has 1 fully saturated rings. The van der Waals surface area contributed by atoms with E-state index in [1.54, 1.807) is 0 Å². The van der Waals surface area contributed by atoms with E-state index in [1.165, 1.54) is 0 Å². The van der Waals surface area contributed by atoms with Crippen molar-refractivity contribution in [3.63, 3.8) is 0 Å². The second kappa shape index (κ2) is 7.77. The van der Waals surface area contributed by atoms with E-state index < -0.39 is 15.7 Å². The largest absolute Gasteiger partial charge is 0.351 e. The number of rotatable bonds is 6. The molecule has 1 aromatic rings. The van der Waals surface area contributed by atoms with Gasteiger partial charge in [-0.2, -0.15) is 0 Å². The average Bonchev–Trinajstić information content (AvgIpc) is 3.15. The van der Waals surface area contributed by atoms with Crippen LogP contribution in [-0.2, 0) is 22.8 Å². The summed E-state index contributed by atoms with van der Waals surface area (Å²) in [4.78, 5) is 29.5. The molecule has 144 valence electrons. The van der Waals surface area contributed by atoms with Crippen LogP contribution in [0.3, 0.4) is 0 Å². The van der Waals surface area contributed by atoms with Crippen LogP contribution >= 0.6 is 0 Å². The van der Waals surface area contributed by atoms with Crippen molar-refractivity contribution in [2.45, 2.75) is 58.0 Å². The number of hydrogen-bond acceptors (Lipinski definition) is 5. The van der Waals surface area contributed by atoms with Gasteiger partial charge in [-0.3, -0.25) is 9.59 Å². The Morgan fingerprint density at radius 2 is 2.08 bits per heavy atom. The number of hydrogen-bond donors (Lipinski definition) is 2. The molecule has 0 aliphatic carbocycles. The Labute approximate surface area is 153 Å². The number of imidazole rings is 1. The average molecular weight is 382 g/mol. The Kier molecular flexibility index (Phi) is 5.64. The number of amides is 2. The van der Waals surface area contributed by atoms with Crippen molar-refractivity contribution in [1.82, 2.24) is 20.2 Å². The quantitative estimate of drug-likeness (QED) is 0.703. The van der Waals surface area contributed by atoms with Crippen molar-refractivity contribution in [3.05, 3.63) is 17.2 Å². The molecule has 2 N–H and O–H groups in total. The van der Waals surface area contributed by atoms with Crippen LogP contribution in [0.15, 0.2) is 0 Å². The topological polar surface area (TPSA) is 110 Å². The molecule has 0 saturated carbocycles. The summed E-state index contributed by atoms with van der Waals surface area (Å²) in [6.45, 7) is 3.29. The molecule has 1 unspecified atom stereocenters. The van der Waals surface area contributed by atoms with Crippen LogP contribution in [0.2, 0.25) is 0 Å². The summed E-state index contributed by atoms with van der Waals surface area (Å²) in [5.41, 5.74) is 1.12. The van der Waals surface area contributed by atoms with Crippen LogP contribution in [-0.4, -0.2) is 53.9 Å². The van der Waals surface area contributed by atoms with Gasteiger partial charge in [0.25, 0.3) is 11.8 Å². The number of nitrogens with zero attached hydrogens (tertiary/aromatic N) is 2. The second-order valence-electron chi connectivity index (χ2n) is 7.02. The Hall–Kier alpha value is -1.90. The molecule has 0 aromatic carbocycles. The van der Waals surface area contributed by atoms with Crippen LogP contribution in [0.5, 0.6) is 0 Å². The summed E-state index contributed by atoms with van der Waals surface area (Å²) >= 11 is 0. The molecule has 2 amide bonds. The first-order chi connectivity index (χ1) is 12.4. The van der Waals surface area contributed by atoms with E-state index in [1.807, 2.05) is 4.57 Å². The van der Waals surface area contributed by atoms with Gasteiger partial charge in [-0.1, -0.05) is 13.3 Å². The lowest BCUT2D eigenvalue weighted by atomic mass is 10.1. The van der Waals surface area contributed by atoms with Crippen molar-refractivity contribution in [2.24, 2.45) is 0 Å². The lowest BCUT2D eigenvalue weighted by Crippen LogP contribution is -2.37. The SMILES string of the molecule is CCCCNC(=O)c1nc(C(=O)NC2CCS(=O)(=O)C2)n2c1CCCC2. The first-order valence-corrected chi connectivity index (χ1v) is 11.1. The van der Waals surface area contributed by atoms with Gasteiger partial charge in [0, 0.05) is 19.1 Å². The molecule has 3 heterocycles. The summed E-state index contributed by atoms with van der Waals surface area (Å²) in [5.74, 6) is -0.363. The fraction of sp³-hybridized carbons (Fsp3) is 0.706. The number of nitrogens with one attached hydrogen (secondary N) is 2. The highest BCUT2D eigenvalue weighted by Crippen LogP contribution is 2.22. The predicted molar refractivity (Wildman–Crippen MR) is 96.9 cm³/mol. The highest BCUT2D eigenvalue weighted by Gasteiger charge is 2.32. The Balaban J connectivity index is 1.78. The summed E-state index contributed by atoms with van der Waals surface area (Å²) < 4.78 is 25.0. The van der Waals surface area contributed by atoms with Gasteiger partial charge in [0.2, 0.25) is 0 Å². The fourth-order valence-corrected chi connectivity index (χ4v) is 5.19. The van der Waals surface area contributed by atoms with Gasteiger partial charge in [-0.25, -0.2) is 13.4 Å². The number of unbranched alkanes of at least 4 members (excludes halogenated alkanes) is 1.